The molecule has 0 saturated heterocycles. The van der Waals surface area contributed by atoms with Crippen LogP contribution in [0.3, 0.4) is 0 Å². The van der Waals surface area contributed by atoms with Gasteiger partial charge in [-0.15, -0.1) is 0 Å². The largest absolute Gasteiger partial charge is 0.492 e. The number of benzene rings is 1. The molecule has 0 aliphatic carbocycles. The third kappa shape index (κ3) is 4.78. The Kier molecular flexibility index (Phi) is 5.90. The minimum atomic E-state index is -4.47. The first-order valence-electron chi connectivity index (χ1n) is 6.25. The summed E-state index contributed by atoms with van der Waals surface area (Å²) < 4.78 is 36.7. The Balaban J connectivity index is 2.89. The van der Waals surface area contributed by atoms with Gasteiger partial charge in [0.1, 0.15) is 10.6 Å². The highest BCUT2D eigenvalue weighted by Gasteiger charge is 2.20. The van der Waals surface area contributed by atoms with Crippen molar-refractivity contribution in [1.82, 2.24) is 0 Å². The first-order valence-corrected chi connectivity index (χ1v) is 7.69. The molecule has 0 bridgehead atoms. The highest BCUT2D eigenvalue weighted by molar-refractivity contribution is 7.86. The van der Waals surface area contributed by atoms with Gasteiger partial charge in [-0.1, -0.05) is 26.2 Å². The van der Waals surface area contributed by atoms with E-state index in [0.717, 1.165) is 37.5 Å². The number of non-ortho nitro benzene ring substituents is 1. The first kappa shape index (κ1) is 16.4. The van der Waals surface area contributed by atoms with Crippen LogP contribution < -0.4 is 4.74 Å². The normalized spacial score (nSPS) is 11.3. The van der Waals surface area contributed by atoms with Crippen molar-refractivity contribution in [2.24, 2.45) is 0 Å². The van der Waals surface area contributed by atoms with Crippen LogP contribution in [0, 0.1) is 10.1 Å². The van der Waals surface area contributed by atoms with Crippen molar-refractivity contribution < 1.29 is 22.6 Å². The molecule has 0 unspecified atom stereocenters. The molecule has 0 atom stereocenters. The van der Waals surface area contributed by atoms with Gasteiger partial charge in [0.2, 0.25) is 0 Å². The van der Waals surface area contributed by atoms with Crippen LogP contribution >= 0.6 is 0 Å². The van der Waals surface area contributed by atoms with Gasteiger partial charge >= 0.3 is 0 Å². The second-order valence-corrected chi connectivity index (χ2v) is 5.66. The minimum Gasteiger partial charge on any atom is -0.492 e. The quantitative estimate of drug-likeness (QED) is 0.342. The van der Waals surface area contributed by atoms with Gasteiger partial charge in [0.05, 0.1) is 17.6 Å². The monoisotopic (exact) mass is 303 g/mol. The molecule has 0 aromatic heterocycles. The third-order valence-corrected chi connectivity index (χ3v) is 3.56. The summed E-state index contributed by atoms with van der Waals surface area (Å²) in [5, 5.41) is 10.7. The maximum absolute atomic E-state index is 11.2. The zero-order valence-corrected chi connectivity index (χ0v) is 11.9. The molecule has 0 saturated carbocycles. The molecule has 0 amide bonds. The van der Waals surface area contributed by atoms with Crippen molar-refractivity contribution in [1.29, 1.82) is 0 Å². The molecule has 0 spiro atoms. The number of nitro benzene ring substituents is 1. The molecule has 20 heavy (non-hydrogen) atoms. The minimum absolute atomic E-state index is 0.196. The maximum atomic E-state index is 11.2. The molecule has 112 valence electrons. The first-order chi connectivity index (χ1) is 9.36. The van der Waals surface area contributed by atoms with E-state index >= 15 is 0 Å². The molecule has 7 nitrogen and oxygen atoms in total. The lowest BCUT2D eigenvalue weighted by atomic mass is 10.2. The van der Waals surface area contributed by atoms with Crippen LogP contribution in [0.15, 0.2) is 23.1 Å². The zero-order chi connectivity index (χ0) is 15.2. The van der Waals surface area contributed by atoms with Gasteiger partial charge in [0.15, 0.2) is 0 Å². The number of ether oxygens (including phenoxy) is 1. The summed E-state index contributed by atoms with van der Waals surface area (Å²) in [7, 11) is -4.47. The summed E-state index contributed by atoms with van der Waals surface area (Å²) in [4.78, 5) is 9.55. The Morgan fingerprint density at radius 2 is 2.00 bits per heavy atom. The van der Waals surface area contributed by atoms with Crippen molar-refractivity contribution in [3.05, 3.63) is 28.3 Å². The van der Waals surface area contributed by atoms with Crippen LogP contribution in [0.5, 0.6) is 5.75 Å². The van der Waals surface area contributed by atoms with E-state index in [-0.39, 0.29) is 18.0 Å². The van der Waals surface area contributed by atoms with Gasteiger partial charge in [-0.05, 0) is 12.5 Å². The molecular weight excluding hydrogens is 286 g/mol. The lowest BCUT2D eigenvalue weighted by molar-refractivity contribution is -0.385. The average Bonchev–Trinajstić information content (AvgIpc) is 2.37. The van der Waals surface area contributed by atoms with E-state index in [1.165, 1.54) is 0 Å². The van der Waals surface area contributed by atoms with Crippen LogP contribution in [-0.4, -0.2) is 24.5 Å². The van der Waals surface area contributed by atoms with Gasteiger partial charge < -0.3 is 4.74 Å². The van der Waals surface area contributed by atoms with Crippen LogP contribution in [0.2, 0.25) is 0 Å². The zero-order valence-electron chi connectivity index (χ0n) is 11.1. The van der Waals surface area contributed by atoms with Crippen molar-refractivity contribution in [3.8, 4) is 5.75 Å². The second kappa shape index (κ2) is 7.20. The predicted octanol–water partition coefficient (Wildman–Crippen LogP) is 2.80. The Morgan fingerprint density at radius 1 is 1.30 bits per heavy atom. The summed E-state index contributed by atoms with van der Waals surface area (Å²) in [5.41, 5.74) is -0.291. The summed E-state index contributed by atoms with van der Waals surface area (Å²) in [6, 6.07) is 2.98. The Morgan fingerprint density at radius 3 is 2.55 bits per heavy atom. The lowest BCUT2D eigenvalue weighted by Gasteiger charge is -2.09. The fraction of sp³-hybridized carbons (Fsp3) is 0.500. The van der Waals surface area contributed by atoms with Gasteiger partial charge in [-0.3, -0.25) is 14.7 Å². The van der Waals surface area contributed by atoms with Crippen molar-refractivity contribution in [3.63, 3.8) is 0 Å². The molecule has 0 aliphatic rings. The molecule has 0 heterocycles. The highest BCUT2D eigenvalue weighted by Crippen LogP contribution is 2.28. The predicted molar refractivity (Wildman–Crippen MR) is 72.5 cm³/mol. The average molecular weight is 303 g/mol. The number of rotatable bonds is 8. The number of unbranched alkanes of at least 4 members (excludes halogenated alkanes) is 3. The fourth-order valence-corrected chi connectivity index (χ4v) is 2.26. The third-order valence-electron chi connectivity index (χ3n) is 2.67. The summed E-state index contributed by atoms with van der Waals surface area (Å²) >= 11 is 0. The van der Waals surface area contributed by atoms with Crippen molar-refractivity contribution in [2.75, 3.05) is 6.61 Å². The van der Waals surface area contributed by atoms with Crippen LogP contribution in [-0.2, 0) is 10.1 Å². The molecule has 0 radical (unpaired) electrons. The van der Waals surface area contributed by atoms with Crippen molar-refractivity contribution in [2.45, 2.75) is 37.5 Å². The molecule has 0 fully saturated rings. The van der Waals surface area contributed by atoms with Gasteiger partial charge in [-0.25, -0.2) is 0 Å². The van der Waals surface area contributed by atoms with Crippen LogP contribution in [0.1, 0.15) is 32.6 Å². The summed E-state index contributed by atoms with van der Waals surface area (Å²) in [6.45, 7) is 2.29. The SMILES string of the molecule is CCCCCCOc1cc([N+](=O)[O-])ccc1S(=O)(=O)O. The molecule has 1 aromatic rings. The van der Waals surface area contributed by atoms with E-state index in [0.29, 0.717) is 6.42 Å². The van der Waals surface area contributed by atoms with E-state index in [1.54, 1.807) is 0 Å². The van der Waals surface area contributed by atoms with E-state index in [9.17, 15) is 18.5 Å². The lowest BCUT2D eigenvalue weighted by Crippen LogP contribution is -2.05. The molecule has 1 aromatic carbocycles. The summed E-state index contributed by atoms with van der Waals surface area (Å²) in [5.74, 6) is -0.196. The van der Waals surface area contributed by atoms with Gasteiger partial charge in [-0.2, -0.15) is 8.42 Å². The highest BCUT2D eigenvalue weighted by atomic mass is 32.2. The standard InChI is InChI=1S/C12H17NO6S/c1-2-3-4-5-8-19-11-9-10(13(14)15)6-7-12(11)20(16,17)18/h6-7,9H,2-5,8H2,1H3,(H,16,17,18). The molecule has 0 aliphatic heterocycles. The van der Waals surface area contributed by atoms with Gasteiger partial charge in [0.25, 0.3) is 15.8 Å². The Hall–Kier alpha value is -1.67. The molecular formula is C12H17NO6S. The smallest absolute Gasteiger partial charge is 0.298 e. The topological polar surface area (TPSA) is 107 Å². The molecule has 1 rings (SSSR count). The van der Waals surface area contributed by atoms with Gasteiger partial charge in [0, 0.05) is 6.07 Å². The second-order valence-electron chi connectivity index (χ2n) is 4.27. The Bertz CT molecular complexity index is 569. The number of nitrogens with zero attached hydrogens (tertiary/aromatic N) is 1. The number of hydrogen-bond acceptors (Lipinski definition) is 5. The van der Waals surface area contributed by atoms with Crippen LogP contribution in [0.25, 0.3) is 0 Å². The van der Waals surface area contributed by atoms with Crippen molar-refractivity contribution >= 4 is 15.8 Å². The molecule has 1 N–H and O–H groups in total. The fourth-order valence-electron chi connectivity index (χ4n) is 1.65. The molecule has 8 heteroatoms. The number of hydrogen-bond donors (Lipinski definition) is 1. The van der Waals surface area contributed by atoms with E-state index in [2.05, 4.69) is 6.92 Å². The summed E-state index contributed by atoms with van der Waals surface area (Å²) in [6.07, 6.45) is 3.71. The number of nitro groups is 1. The van der Waals surface area contributed by atoms with Crippen LogP contribution in [0.4, 0.5) is 5.69 Å². The van der Waals surface area contributed by atoms with E-state index in [4.69, 9.17) is 9.29 Å². The van der Waals surface area contributed by atoms with E-state index in [1.807, 2.05) is 0 Å². The maximum Gasteiger partial charge on any atom is 0.298 e. The van der Waals surface area contributed by atoms with E-state index < -0.39 is 19.9 Å². The Labute approximate surface area is 117 Å².